The summed E-state index contributed by atoms with van der Waals surface area (Å²) < 4.78 is 4.08. The van der Waals surface area contributed by atoms with Gasteiger partial charge in [-0.05, 0) is 20.8 Å². The summed E-state index contributed by atoms with van der Waals surface area (Å²) in [5, 5.41) is 3.43. The zero-order valence-corrected chi connectivity index (χ0v) is 11.5. The van der Waals surface area contributed by atoms with Gasteiger partial charge >= 0.3 is 0 Å². The van der Waals surface area contributed by atoms with E-state index in [1.165, 1.54) is 0 Å². The van der Waals surface area contributed by atoms with Crippen molar-refractivity contribution < 1.29 is 0 Å². The molecule has 5 heteroatoms. The molecule has 1 N–H and O–H groups in total. The predicted molar refractivity (Wildman–Crippen MR) is 71.1 cm³/mol. The lowest BCUT2D eigenvalue weighted by atomic mass is 10.1. The Morgan fingerprint density at radius 3 is 2.67 bits per heavy atom. The van der Waals surface area contributed by atoms with Crippen molar-refractivity contribution in [1.82, 2.24) is 24.4 Å². The van der Waals surface area contributed by atoms with Crippen LogP contribution in [0.25, 0.3) is 0 Å². The van der Waals surface area contributed by atoms with E-state index in [2.05, 4.69) is 46.8 Å². The molecule has 0 saturated heterocycles. The molecular formula is C13H21N5. The molecular weight excluding hydrogens is 226 g/mol. The Hall–Kier alpha value is -1.62. The number of rotatable bonds is 4. The van der Waals surface area contributed by atoms with E-state index in [9.17, 15) is 0 Å². The number of aromatic nitrogens is 4. The van der Waals surface area contributed by atoms with Crippen LogP contribution in [0.3, 0.4) is 0 Å². The third-order valence-corrected chi connectivity index (χ3v) is 2.73. The van der Waals surface area contributed by atoms with Crippen LogP contribution in [0.1, 0.15) is 32.3 Å². The van der Waals surface area contributed by atoms with Gasteiger partial charge in [0.15, 0.2) is 0 Å². The molecule has 5 nitrogen and oxygen atoms in total. The minimum Gasteiger partial charge on any atom is -0.337 e. The van der Waals surface area contributed by atoms with Gasteiger partial charge in [0.2, 0.25) is 0 Å². The van der Waals surface area contributed by atoms with E-state index in [0.717, 1.165) is 24.6 Å². The van der Waals surface area contributed by atoms with Crippen LogP contribution in [0.5, 0.6) is 0 Å². The van der Waals surface area contributed by atoms with E-state index >= 15 is 0 Å². The number of imidazole rings is 2. The highest BCUT2D eigenvalue weighted by atomic mass is 15.1. The number of aryl methyl sites for hydroxylation is 1. The fraction of sp³-hybridized carbons (Fsp3) is 0.538. The van der Waals surface area contributed by atoms with E-state index < -0.39 is 0 Å². The molecule has 2 aromatic heterocycles. The van der Waals surface area contributed by atoms with Crippen molar-refractivity contribution in [3.8, 4) is 0 Å². The maximum Gasteiger partial charge on any atom is 0.128 e. The third kappa shape index (κ3) is 3.43. The van der Waals surface area contributed by atoms with Crippen LogP contribution in [-0.2, 0) is 20.1 Å². The van der Waals surface area contributed by atoms with E-state index in [4.69, 9.17) is 0 Å². The number of nitrogens with one attached hydrogen (secondary N) is 1. The highest BCUT2D eigenvalue weighted by Crippen LogP contribution is 2.04. The van der Waals surface area contributed by atoms with E-state index in [-0.39, 0.29) is 5.54 Å². The molecule has 2 heterocycles. The average molecular weight is 247 g/mol. The zero-order chi connectivity index (χ0) is 13.2. The van der Waals surface area contributed by atoms with Crippen molar-refractivity contribution in [1.29, 1.82) is 0 Å². The van der Waals surface area contributed by atoms with Gasteiger partial charge in [-0.15, -0.1) is 0 Å². The molecule has 0 aliphatic carbocycles. The van der Waals surface area contributed by atoms with Crippen LogP contribution < -0.4 is 5.32 Å². The van der Waals surface area contributed by atoms with Gasteiger partial charge < -0.3 is 14.5 Å². The first-order chi connectivity index (χ1) is 8.44. The Balaban J connectivity index is 1.96. The summed E-state index contributed by atoms with van der Waals surface area (Å²) in [6.45, 7) is 8.00. The molecule has 0 radical (unpaired) electrons. The van der Waals surface area contributed by atoms with Gasteiger partial charge in [0.25, 0.3) is 0 Å². The zero-order valence-electron chi connectivity index (χ0n) is 11.5. The summed E-state index contributed by atoms with van der Waals surface area (Å²) in [7, 11) is 2.00. The second-order valence-electron chi connectivity index (χ2n) is 5.60. The summed E-state index contributed by atoms with van der Waals surface area (Å²) >= 11 is 0. The Labute approximate surface area is 108 Å². The van der Waals surface area contributed by atoms with Crippen molar-refractivity contribution in [2.24, 2.45) is 7.05 Å². The minimum atomic E-state index is 0.115. The smallest absolute Gasteiger partial charge is 0.128 e. The van der Waals surface area contributed by atoms with Gasteiger partial charge in [-0.25, -0.2) is 9.97 Å². The highest BCUT2D eigenvalue weighted by Gasteiger charge is 2.09. The van der Waals surface area contributed by atoms with Gasteiger partial charge in [-0.3, -0.25) is 0 Å². The topological polar surface area (TPSA) is 47.7 Å². The first kappa shape index (κ1) is 12.8. The second kappa shape index (κ2) is 4.94. The van der Waals surface area contributed by atoms with Crippen molar-refractivity contribution >= 4 is 0 Å². The van der Waals surface area contributed by atoms with Crippen LogP contribution in [0.2, 0.25) is 0 Å². The summed E-state index contributed by atoms with van der Waals surface area (Å²) in [5.74, 6) is 1.03. The van der Waals surface area contributed by atoms with E-state index in [0.29, 0.717) is 0 Å². The van der Waals surface area contributed by atoms with Gasteiger partial charge in [0.05, 0.1) is 18.6 Å². The van der Waals surface area contributed by atoms with Gasteiger partial charge in [-0.2, -0.15) is 0 Å². The van der Waals surface area contributed by atoms with Crippen molar-refractivity contribution in [3.05, 3.63) is 36.4 Å². The lowest BCUT2D eigenvalue weighted by Gasteiger charge is -2.19. The molecule has 98 valence electrons. The largest absolute Gasteiger partial charge is 0.337 e. The highest BCUT2D eigenvalue weighted by molar-refractivity contribution is 5.00. The quantitative estimate of drug-likeness (QED) is 0.891. The lowest BCUT2D eigenvalue weighted by Crippen LogP contribution is -2.35. The molecule has 0 aliphatic rings. The van der Waals surface area contributed by atoms with Crippen molar-refractivity contribution in [2.75, 3.05) is 0 Å². The summed E-state index contributed by atoms with van der Waals surface area (Å²) in [4.78, 5) is 8.70. The normalized spacial score (nSPS) is 12.0. The number of hydrogen-bond donors (Lipinski definition) is 1. The van der Waals surface area contributed by atoms with Crippen LogP contribution >= 0.6 is 0 Å². The molecule has 0 amide bonds. The van der Waals surface area contributed by atoms with Crippen LogP contribution in [-0.4, -0.2) is 24.6 Å². The molecule has 2 aromatic rings. The van der Waals surface area contributed by atoms with E-state index in [1.54, 1.807) is 0 Å². The fourth-order valence-corrected chi connectivity index (χ4v) is 1.65. The van der Waals surface area contributed by atoms with E-state index in [1.807, 2.05) is 30.3 Å². The molecule has 0 atom stereocenters. The summed E-state index contributed by atoms with van der Waals surface area (Å²) in [6, 6.07) is 0. The third-order valence-electron chi connectivity index (χ3n) is 2.73. The number of nitrogens with zero attached hydrogens (tertiary/aromatic N) is 4. The van der Waals surface area contributed by atoms with Gasteiger partial charge in [0, 0.05) is 37.7 Å². The van der Waals surface area contributed by atoms with Crippen LogP contribution in [0.15, 0.2) is 24.9 Å². The molecule has 0 unspecified atom stereocenters. The van der Waals surface area contributed by atoms with Crippen LogP contribution in [0.4, 0.5) is 0 Å². The molecule has 0 saturated carbocycles. The summed E-state index contributed by atoms with van der Waals surface area (Å²) in [6.07, 6.45) is 7.68. The SMILES string of the molecule is Cn1ccnc1Cn1cnc(CNC(C)(C)C)c1. The van der Waals surface area contributed by atoms with Gasteiger partial charge in [-0.1, -0.05) is 0 Å². The molecule has 2 rings (SSSR count). The van der Waals surface area contributed by atoms with Crippen molar-refractivity contribution in [3.63, 3.8) is 0 Å². The summed E-state index contributed by atoms with van der Waals surface area (Å²) in [5.41, 5.74) is 1.17. The Bertz CT molecular complexity index is 503. The van der Waals surface area contributed by atoms with Crippen LogP contribution in [0, 0.1) is 0 Å². The molecule has 0 spiro atoms. The maximum atomic E-state index is 4.39. The first-order valence-corrected chi connectivity index (χ1v) is 6.16. The molecule has 0 aliphatic heterocycles. The average Bonchev–Trinajstić information content (AvgIpc) is 2.86. The monoisotopic (exact) mass is 247 g/mol. The molecule has 18 heavy (non-hydrogen) atoms. The standard InChI is InChI=1S/C13H21N5/c1-13(2,3)16-7-11-8-18(10-15-11)9-12-14-5-6-17(12)4/h5-6,8,10,16H,7,9H2,1-4H3. The predicted octanol–water partition coefficient (Wildman–Crippen LogP) is 1.55. The maximum absolute atomic E-state index is 4.39. The molecule has 0 bridgehead atoms. The Morgan fingerprint density at radius 2 is 2.06 bits per heavy atom. The molecule has 0 aromatic carbocycles. The van der Waals surface area contributed by atoms with Gasteiger partial charge in [0.1, 0.15) is 5.82 Å². The fourth-order valence-electron chi connectivity index (χ4n) is 1.65. The lowest BCUT2D eigenvalue weighted by molar-refractivity contribution is 0.421. The van der Waals surface area contributed by atoms with Crippen molar-refractivity contribution in [2.45, 2.75) is 39.4 Å². The second-order valence-corrected chi connectivity index (χ2v) is 5.60. The molecule has 0 fully saturated rings. The first-order valence-electron chi connectivity index (χ1n) is 6.16. The number of hydrogen-bond acceptors (Lipinski definition) is 3. The Morgan fingerprint density at radius 1 is 1.28 bits per heavy atom. The Kier molecular flexibility index (Phi) is 3.52. The minimum absolute atomic E-state index is 0.115.